The van der Waals surface area contributed by atoms with E-state index in [0.717, 1.165) is 29.4 Å². The van der Waals surface area contributed by atoms with Gasteiger partial charge in [-0.3, -0.25) is 4.79 Å². The Labute approximate surface area is 90.6 Å². The summed E-state index contributed by atoms with van der Waals surface area (Å²) in [7, 11) is 1.68. The zero-order chi connectivity index (χ0) is 11.1. The summed E-state index contributed by atoms with van der Waals surface area (Å²) in [6, 6.07) is 8.00. The third-order valence-corrected chi connectivity index (χ3v) is 2.20. The summed E-state index contributed by atoms with van der Waals surface area (Å²) < 4.78 is 5.02. The first-order chi connectivity index (χ1) is 7.30. The highest BCUT2D eigenvalue weighted by Gasteiger charge is 1.94. The molecule has 1 aromatic carbocycles. The predicted octanol–water partition coefficient (Wildman–Crippen LogP) is 2.83. The van der Waals surface area contributed by atoms with E-state index in [1.807, 2.05) is 37.3 Å². The SMILES string of the molecule is CCC(C=O)=Cc1ccc(COC)cc1. The zero-order valence-electron chi connectivity index (χ0n) is 9.19. The van der Waals surface area contributed by atoms with Gasteiger partial charge in [-0.15, -0.1) is 0 Å². The van der Waals surface area contributed by atoms with E-state index >= 15 is 0 Å². The van der Waals surface area contributed by atoms with Crippen LogP contribution < -0.4 is 0 Å². The number of allylic oxidation sites excluding steroid dienone is 1. The average molecular weight is 204 g/mol. The molecule has 0 aliphatic rings. The molecule has 0 saturated carbocycles. The third-order valence-electron chi connectivity index (χ3n) is 2.20. The van der Waals surface area contributed by atoms with Crippen LogP contribution in [0.25, 0.3) is 6.08 Å². The van der Waals surface area contributed by atoms with Gasteiger partial charge in [0.05, 0.1) is 6.61 Å². The molecule has 1 rings (SSSR count). The van der Waals surface area contributed by atoms with Gasteiger partial charge in [0.15, 0.2) is 0 Å². The van der Waals surface area contributed by atoms with Crippen LogP contribution in [0.2, 0.25) is 0 Å². The Morgan fingerprint density at radius 1 is 1.33 bits per heavy atom. The quantitative estimate of drug-likeness (QED) is 0.544. The molecule has 1 aromatic rings. The van der Waals surface area contributed by atoms with Gasteiger partial charge >= 0.3 is 0 Å². The molecule has 0 N–H and O–H groups in total. The molecule has 15 heavy (non-hydrogen) atoms. The van der Waals surface area contributed by atoms with Gasteiger partial charge in [-0.1, -0.05) is 31.2 Å². The maximum atomic E-state index is 10.6. The van der Waals surface area contributed by atoms with Crippen molar-refractivity contribution >= 4 is 12.4 Å². The van der Waals surface area contributed by atoms with Gasteiger partial charge in [-0.25, -0.2) is 0 Å². The number of hydrogen-bond donors (Lipinski definition) is 0. The molecule has 0 bridgehead atoms. The summed E-state index contributed by atoms with van der Waals surface area (Å²) in [6.45, 7) is 2.60. The van der Waals surface area contributed by atoms with Crippen LogP contribution in [0.4, 0.5) is 0 Å². The van der Waals surface area contributed by atoms with Gasteiger partial charge in [-0.2, -0.15) is 0 Å². The molecule has 0 heterocycles. The molecule has 0 aliphatic heterocycles. The monoisotopic (exact) mass is 204 g/mol. The minimum Gasteiger partial charge on any atom is -0.380 e. The highest BCUT2D eigenvalue weighted by Crippen LogP contribution is 2.10. The Morgan fingerprint density at radius 3 is 2.47 bits per heavy atom. The molecule has 0 aliphatic carbocycles. The van der Waals surface area contributed by atoms with E-state index in [1.165, 1.54) is 0 Å². The van der Waals surface area contributed by atoms with Crippen molar-refractivity contribution in [2.75, 3.05) is 7.11 Å². The van der Waals surface area contributed by atoms with Crippen molar-refractivity contribution < 1.29 is 9.53 Å². The molecule has 0 atom stereocenters. The molecule has 0 unspecified atom stereocenters. The summed E-state index contributed by atoms with van der Waals surface area (Å²) >= 11 is 0. The maximum absolute atomic E-state index is 10.6. The molecule has 0 saturated heterocycles. The summed E-state index contributed by atoms with van der Waals surface area (Å²) in [6.07, 6.45) is 3.58. The van der Waals surface area contributed by atoms with E-state index in [2.05, 4.69) is 0 Å². The van der Waals surface area contributed by atoms with E-state index in [0.29, 0.717) is 6.61 Å². The van der Waals surface area contributed by atoms with Crippen LogP contribution in [-0.4, -0.2) is 13.4 Å². The van der Waals surface area contributed by atoms with Gasteiger partial charge in [-0.05, 0) is 29.2 Å². The van der Waals surface area contributed by atoms with Crippen molar-refractivity contribution in [3.63, 3.8) is 0 Å². The Kier molecular flexibility index (Phi) is 4.78. The van der Waals surface area contributed by atoms with Crippen molar-refractivity contribution in [3.05, 3.63) is 41.0 Å². The maximum Gasteiger partial charge on any atom is 0.146 e. The topological polar surface area (TPSA) is 26.3 Å². The molecule has 0 spiro atoms. The third kappa shape index (κ3) is 3.68. The van der Waals surface area contributed by atoms with E-state index in [-0.39, 0.29) is 0 Å². The van der Waals surface area contributed by atoms with Crippen LogP contribution in [0.1, 0.15) is 24.5 Å². The second-order valence-electron chi connectivity index (χ2n) is 3.37. The Bertz CT molecular complexity index is 336. The van der Waals surface area contributed by atoms with Crippen LogP contribution in [-0.2, 0) is 16.1 Å². The lowest BCUT2D eigenvalue weighted by Crippen LogP contribution is -1.87. The Morgan fingerprint density at radius 2 is 2.00 bits per heavy atom. The number of rotatable bonds is 5. The summed E-state index contributed by atoms with van der Waals surface area (Å²) in [5, 5.41) is 0. The lowest BCUT2D eigenvalue weighted by Gasteiger charge is -2.00. The van der Waals surface area contributed by atoms with Crippen molar-refractivity contribution in [1.29, 1.82) is 0 Å². The van der Waals surface area contributed by atoms with Crippen LogP contribution in [0.15, 0.2) is 29.8 Å². The Hall–Kier alpha value is -1.41. The first-order valence-corrected chi connectivity index (χ1v) is 5.03. The van der Waals surface area contributed by atoms with Crippen molar-refractivity contribution in [3.8, 4) is 0 Å². The molecule has 0 aromatic heterocycles. The fourth-order valence-electron chi connectivity index (χ4n) is 1.31. The standard InChI is InChI=1S/C13H16O2/c1-3-11(9-14)8-12-4-6-13(7-5-12)10-15-2/h4-9H,3,10H2,1-2H3. The lowest BCUT2D eigenvalue weighted by molar-refractivity contribution is -0.104. The zero-order valence-corrected chi connectivity index (χ0v) is 9.19. The molecular weight excluding hydrogens is 188 g/mol. The summed E-state index contributed by atoms with van der Waals surface area (Å²) in [5.41, 5.74) is 3.01. The molecule has 0 amide bonds. The molecule has 2 nitrogen and oxygen atoms in total. The number of carbonyl (C=O) groups excluding carboxylic acids is 1. The number of aldehydes is 1. The average Bonchev–Trinajstić information content (AvgIpc) is 2.28. The number of methoxy groups -OCH3 is 1. The van der Waals surface area contributed by atoms with Gasteiger partial charge in [0.25, 0.3) is 0 Å². The fourth-order valence-corrected chi connectivity index (χ4v) is 1.31. The molecule has 0 radical (unpaired) electrons. The van der Waals surface area contributed by atoms with E-state index in [9.17, 15) is 4.79 Å². The molecule has 2 heteroatoms. The highest BCUT2D eigenvalue weighted by atomic mass is 16.5. The van der Waals surface area contributed by atoms with Gasteiger partial charge < -0.3 is 4.74 Å². The first-order valence-electron chi connectivity index (χ1n) is 5.03. The van der Waals surface area contributed by atoms with E-state index < -0.39 is 0 Å². The minimum absolute atomic E-state index is 0.623. The van der Waals surface area contributed by atoms with Crippen LogP contribution in [0.5, 0.6) is 0 Å². The van der Waals surface area contributed by atoms with Crippen LogP contribution in [0, 0.1) is 0 Å². The summed E-state index contributed by atoms with van der Waals surface area (Å²) in [5.74, 6) is 0. The second kappa shape index (κ2) is 6.14. The number of ether oxygens (including phenoxy) is 1. The van der Waals surface area contributed by atoms with Crippen molar-refractivity contribution in [1.82, 2.24) is 0 Å². The minimum atomic E-state index is 0.623. The Balaban J connectivity index is 2.79. The van der Waals surface area contributed by atoms with E-state index in [1.54, 1.807) is 7.11 Å². The summed E-state index contributed by atoms with van der Waals surface area (Å²) in [4.78, 5) is 10.6. The largest absolute Gasteiger partial charge is 0.380 e. The fraction of sp³-hybridized carbons (Fsp3) is 0.308. The van der Waals surface area contributed by atoms with Gasteiger partial charge in [0.1, 0.15) is 6.29 Å². The predicted molar refractivity (Wildman–Crippen MR) is 61.5 cm³/mol. The van der Waals surface area contributed by atoms with Crippen LogP contribution >= 0.6 is 0 Å². The lowest BCUT2D eigenvalue weighted by atomic mass is 10.1. The molecule has 0 fully saturated rings. The normalized spacial score (nSPS) is 11.5. The van der Waals surface area contributed by atoms with Crippen molar-refractivity contribution in [2.45, 2.75) is 20.0 Å². The highest BCUT2D eigenvalue weighted by molar-refractivity contribution is 5.81. The van der Waals surface area contributed by atoms with Crippen LogP contribution in [0.3, 0.4) is 0 Å². The number of hydrogen-bond acceptors (Lipinski definition) is 2. The van der Waals surface area contributed by atoms with Gasteiger partial charge in [0, 0.05) is 7.11 Å². The molecule has 80 valence electrons. The number of carbonyl (C=O) groups is 1. The molecular formula is C13H16O2. The van der Waals surface area contributed by atoms with E-state index in [4.69, 9.17) is 4.74 Å². The van der Waals surface area contributed by atoms with Crippen molar-refractivity contribution in [2.24, 2.45) is 0 Å². The van der Waals surface area contributed by atoms with Gasteiger partial charge in [0.2, 0.25) is 0 Å². The second-order valence-corrected chi connectivity index (χ2v) is 3.37. The number of benzene rings is 1. The smallest absolute Gasteiger partial charge is 0.146 e. The first kappa shape index (κ1) is 11.7.